The van der Waals surface area contributed by atoms with Crippen LogP contribution in [0.25, 0.3) is 11.3 Å². The molecular formula is C19H22N2O3. The first kappa shape index (κ1) is 16.5. The topological polar surface area (TPSA) is 76.5 Å². The molecule has 1 aliphatic heterocycles. The number of amides is 1. The average Bonchev–Trinajstić information content (AvgIpc) is 3.22. The summed E-state index contributed by atoms with van der Waals surface area (Å²) in [5.74, 6) is 0.879. The molecule has 1 atom stereocenters. The second-order valence-corrected chi connectivity index (χ2v) is 6.79. The van der Waals surface area contributed by atoms with Crippen molar-refractivity contribution in [2.75, 3.05) is 19.6 Å². The van der Waals surface area contributed by atoms with Crippen molar-refractivity contribution in [3.05, 3.63) is 47.7 Å². The highest BCUT2D eigenvalue weighted by atomic mass is 16.4. The van der Waals surface area contributed by atoms with E-state index in [9.17, 15) is 9.59 Å². The van der Waals surface area contributed by atoms with Gasteiger partial charge in [-0.05, 0) is 37.4 Å². The van der Waals surface area contributed by atoms with Gasteiger partial charge in [-0.1, -0.05) is 31.2 Å². The summed E-state index contributed by atoms with van der Waals surface area (Å²) in [6.45, 7) is 5.57. The maximum Gasteiger partial charge on any atom is 0.289 e. The van der Waals surface area contributed by atoms with Crippen LogP contribution in [0.1, 0.15) is 41.2 Å². The molecule has 1 unspecified atom stereocenters. The maximum absolute atomic E-state index is 12.6. The van der Waals surface area contributed by atoms with Crippen LogP contribution >= 0.6 is 0 Å². The highest BCUT2D eigenvalue weighted by Gasteiger charge is 2.36. The summed E-state index contributed by atoms with van der Waals surface area (Å²) in [5.41, 5.74) is 7.28. The SMILES string of the molecule is CC(=O)c1ccc(-c2ccc(C(=O)N3CCC(C)(CN)C3)o2)cc1. The number of nitrogens with zero attached hydrogens (tertiary/aromatic N) is 1. The summed E-state index contributed by atoms with van der Waals surface area (Å²) in [4.78, 5) is 25.7. The molecule has 0 aliphatic carbocycles. The van der Waals surface area contributed by atoms with Crippen molar-refractivity contribution in [2.45, 2.75) is 20.3 Å². The Hall–Kier alpha value is -2.40. The van der Waals surface area contributed by atoms with E-state index in [1.807, 2.05) is 12.1 Å². The number of hydrogen-bond donors (Lipinski definition) is 1. The number of likely N-dealkylation sites (tertiary alicyclic amines) is 1. The van der Waals surface area contributed by atoms with Crippen LogP contribution in [0.15, 0.2) is 40.8 Å². The number of Topliss-reactive ketones (excluding diaryl/α,β-unsaturated/α-hetero) is 1. The molecule has 0 radical (unpaired) electrons. The molecule has 3 rings (SSSR count). The van der Waals surface area contributed by atoms with Gasteiger partial charge in [-0.3, -0.25) is 9.59 Å². The van der Waals surface area contributed by atoms with Gasteiger partial charge in [0.15, 0.2) is 11.5 Å². The molecule has 0 saturated carbocycles. The summed E-state index contributed by atoms with van der Waals surface area (Å²) in [5, 5.41) is 0. The van der Waals surface area contributed by atoms with Crippen LogP contribution in [0.2, 0.25) is 0 Å². The van der Waals surface area contributed by atoms with Crippen LogP contribution in [-0.4, -0.2) is 36.2 Å². The van der Waals surface area contributed by atoms with Gasteiger partial charge < -0.3 is 15.1 Å². The minimum atomic E-state index is -0.0984. The van der Waals surface area contributed by atoms with E-state index in [4.69, 9.17) is 10.2 Å². The lowest BCUT2D eigenvalue weighted by Crippen LogP contribution is -2.34. The number of benzene rings is 1. The largest absolute Gasteiger partial charge is 0.451 e. The van der Waals surface area contributed by atoms with E-state index in [1.165, 1.54) is 6.92 Å². The quantitative estimate of drug-likeness (QED) is 0.876. The van der Waals surface area contributed by atoms with E-state index >= 15 is 0 Å². The molecule has 126 valence electrons. The minimum absolute atomic E-state index is 0.00635. The Balaban J connectivity index is 1.76. The third-order valence-electron chi connectivity index (χ3n) is 4.73. The number of rotatable bonds is 4. The van der Waals surface area contributed by atoms with Gasteiger partial charge in [0.1, 0.15) is 5.76 Å². The standard InChI is InChI=1S/C19H22N2O3/c1-13(22)14-3-5-15(6-4-14)16-7-8-17(24-16)18(23)21-10-9-19(2,11-20)12-21/h3-8H,9-12,20H2,1-2H3. The summed E-state index contributed by atoms with van der Waals surface area (Å²) in [6.07, 6.45) is 0.912. The number of ketones is 1. The third kappa shape index (κ3) is 3.12. The van der Waals surface area contributed by atoms with Crippen LogP contribution in [-0.2, 0) is 0 Å². The molecule has 1 fully saturated rings. The van der Waals surface area contributed by atoms with E-state index in [2.05, 4.69) is 6.92 Å². The van der Waals surface area contributed by atoms with Gasteiger partial charge in [-0.2, -0.15) is 0 Å². The van der Waals surface area contributed by atoms with Crippen molar-refractivity contribution in [1.29, 1.82) is 0 Å². The lowest BCUT2D eigenvalue weighted by Gasteiger charge is -2.21. The van der Waals surface area contributed by atoms with E-state index < -0.39 is 0 Å². The van der Waals surface area contributed by atoms with E-state index in [0.29, 0.717) is 36.7 Å². The van der Waals surface area contributed by atoms with E-state index in [1.54, 1.807) is 29.2 Å². The van der Waals surface area contributed by atoms with Gasteiger partial charge in [0.05, 0.1) is 0 Å². The molecule has 1 aromatic carbocycles. The van der Waals surface area contributed by atoms with Gasteiger partial charge in [0.25, 0.3) is 5.91 Å². The molecule has 2 aromatic rings. The van der Waals surface area contributed by atoms with Crippen molar-refractivity contribution >= 4 is 11.7 Å². The first-order valence-electron chi connectivity index (χ1n) is 8.12. The van der Waals surface area contributed by atoms with Crippen LogP contribution in [0, 0.1) is 5.41 Å². The van der Waals surface area contributed by atoms with Crippen molar-refractivity contribution in [1.82, 2.24) is 4.90 Å². The van der Waals surface area contributed by atoms with Crippen molar-refractivity contribution in [2.24, 2.45) is 11.1 Å². The number of hydrogen-bond acceptors (Lipinski definition) is 4. The second-order valence-electron chi connectivity index (χ2n) is 6.79. The first-order valence-corrected chi connectivity index (χ1v) is 8.12. The zero-order valence-electron chi connectivity index (χ0n) is 14.0. The Morgan fingerprint density at radius 2 is 1.92 bits per heavy atom. The van der Waals surface area contributed by atoms with Gasteiger partial charge >= 0.3 is 0 Å². The molecule has 2 N–H and O–H groups in total. The number of furan rings is 1. The highest BCUT2D eigenvalue weighted by molar-refractivity contribution is 5.94. The minimum Gasteiger partial charge on any atom is -0.451 e. The Bertz CT molecular complexity index is 763. The molecular weight excluding hydrogens is 304 g/mol. The van der Waals surface area contributed by atoms with Crippen molar-refractivity contribution in [3.8, 4) is 11.3 Å². The third-order valence-corrected chi connectivity index (χ3v) is 4.73. The lowest BCUT2D eigenvalue weighted by molar-refractivity contribution is 0.0746. The van der Waals surface area contributed by atoms with E-state index in [-0.39, 0.29) is 17.1 Å². The zero-order valence-corrected chi connectivity index (χ0v) is 14.0. The molecule has 0 spiro atoms. The van der Waals surface area contributed by atoms with Crippen molar-refractivity contribution < 1.29 is 14.0 Å². The van der Waals surface area contributed by atoms with Crippen LogP contribution in [0.4, 0.5) is 0 Å². The van der Waals surface area contributed by atoms with Gasteiger partial charge in [0, 0.05) is 24.2 Å². The smallest absolute Gasteiger partial charge is 0.289 e. The molecule has 2 heterocycles. The molecule has 5 heteroatoms. The number of carbonyl (C=O) groups excluding carboxylic acids is 2. The predicted molar refractivity (Wildman–Crippen MR) is 91.8 cm³/mol. The fourth-order valence-electron chi connectivity index (χ4n) is 3.00. The normalized spacial score (nSPS) is 20.4. The molecule has 1 amide bonds. The zero-order chi connectivity index (χ0) is 17.3. The monoisotopic (exact) mass is 326 g/mol. The maximum atomic E-state index is 12.6. The van der Waals surface area contributed by atoms with Gasteiger partial charge in [-0.25, -0.2) is 0 Å². The van der Waals surface area contributed by atoms with Gasteiger partial charge in [0.2, 0.25) is 0 Å². The van der Waals surface area contributed by atoms with Crippen molar-refractivity contribution in [3.63, 3.8) is 0 Å². The number of nitrogens with two attached hydrogens (primary N) is 1. The van der Waals surface area contributed by atoms with E-state index in [0.717, 1.165) is 12.0 Å². The Kier molecular flexibility index (Phi) is 4.28. The first-order chi connectivity index (χ1) is 11.4. The van der Waals surface area contributed by atoms with Crippen LogP contribution in [0.5, 0.6) is 0 Å². The fourth-order valence-corrected chi connectivity index (χ4v) is 3.00. The number of carbonyl (C=O) groups is 2. The Morgan fingerprint density at radius 1 is 1.21 bits per heavy atom. The lowest BCUT2D eigenvalue weighted by atomic mass is 9.90. The summed E-state index contributed by atoms with van der Waals surface area (Å²) in [7, 11) is 0. The average molecular weight is 326 g/mol. The van der Waals surface area contributed by atoms with Crippen LogP contribution < -0.4 is 5.73 Å². The highest BCUT2D eigenvalue weighted by Crippen LogP contribution is 2.30. The molecule has 0 bridgehead atoms. The summed E-state index contributed by atoms with van der Waals surface area (Å²) >= 11 is 0. The second kappa shape index (κ2) is 6.24. The molecule has 1 aromatic heterocycles. The Morgan fingerprint density at radius 3 is 2.50 bits per heavy atom. The Labute approximate surface area is 141 Å². The summed E-state index contributed by atoms with van der Waals surface area (Å²) in [6, 6.07) is 10.7. The molecule has 5 nitrogen and oxygen atoms in total. The fraction of sp³-hybridized carbons (Fsp3) is 0.368. The molecule has 24 heavy (non-hydrogen) atoms. The summed E-state index contributed by atoms with van der Waals surface area (Å²) < 4.78 is 5.74. The van der Waals surface area contributed by atoms with Gasteiger partial charge in [-0.15, -0.1) is 0 Å². The van der Waals surface area contributed by atoms with Crippen LogP contribution in [0.3, 0.4) is 0 Å². The predicted octanol–water partition coefficient (Wildman–Crippen LogP) is 2.96. The molecule has 1 aliphatic rings. The molecule has 1 saturated heterocycles.